The molecule has 0 atom stereocenters. The zero-order valence-corrected chi connectivity index (χ0v) is 7.93. The monoisotopic (exact) mass is 200 g/mol. The average Bonchev–Trinajstić information content (AvgIpc) is 2.47. The highest BCUT2D eigenvalue weighted by molar-refractivity contribution is 5.49. The lowest BCUT2D eigenvalue weighted by Gasteiger charge is -2.14. The Labute approximate surface area is 80.4 Å². The van der Waals surface area contributed by atoms with E-state index in [-0.39, 0.29) is 12.4 Å². The van der Waals surface area contributed by atoms with Crippen molar-refractivity contribution in [3.05, 3.63) is 23.3 Å². The van der Waals surface area contributed by atoms with Crippen LogP contribution < -0.4 is 9.47 Å². The highest BCUT2D eigenvalue weighted by atomic mass is 19.3. The van der Waals surface area contributed by atoms with Crippen molar-refractivity contribution < 1.29 is 18.3 Å². The van der Waals surface area contributed by atoms with E-state index in [1.807, 2.05) is 0 Å². The average molecular weight is 200 g/mol. The molecule has 0 saturated carbocycles. The molecule has 1 aliphatic rings. The molecule has 0 saturated heterocycles. The van der Waals surface area contributed by atoms with Crippen LogP contribution in [0.2, 0.25) is 0 Å². The predicted molar refractivity (Wildman–Crippen MR) is 46.9 cm³/mol. The second-order valence-corrected chi connectivity index (χ2v) is 3.41. The van der Waals surface area contributed by atoms with Crippen LogP contribution in [0, 0.1) is 6.92 Å². The van der Waals surface area contributed by atoms with Crippen molar-refractivity contribution in [3.8, 4) is 11.5 Å². The molecule has 14 heavy (non-hydrogen) atoms. The van der Waals surface area contributed by atoms with Crippen molar-refractivity contribution in [1.29, 1.82) is 0 Å². The first-order chi connectivity index (χ1) is 6.48. The number of ether oxygens (including phenoxy) is 2. The van der Waals surface area contributed by atoms with Gasteiger partial charge in [0, 0.05) is 12.5 Å². The lowest BCUT2D eigenvalue weighted by atomic mass is 10.0. The Balaban J connectivity index is 2.53. The summed E-state index contributed by atoms with van der Waals surface area (Å²) in [6, 6.07) is 2.92. The Hall–Kier alpha value is -1.32. The summed E-state index contributed by atoms with van der Waals surface area (Å²) < 4.78 is 36.3. The van der Waals surface area contributed by atoms with Crippen molar-refractivity contribution in [2.45, 2.75) is 19.8 Å². The first-order valence-electron chi connectivity index (χ1n) is 4.27. The van der Waals surface area contributed by atoms with Crippen LogP contribution in [-0.2, 0) is 5.92 Å². The van der Waals surface area contributed by atoms with Crippen LogP contribution in [0.15, 0.2) is 12.1 Å². The largest absolute Gasteiger partial charge is 0.454 e. The van der Waals surface area contributed by atoms with Crippen LogP contribution in [0.1, 0.15) is 18.1 Å². The Bertz CT molecular complexity index is 369. The maximum atomic E-state index is 13.1. The van der Waals surface area contributed by atoms with Crippen LogP contribution >= 0.6 is 0 Å². The minimum Gasteiger partial charge on any atom is -0.454 e. The van der Waals surface area contributed by atoms with Gasteiger partial charge in [0.05, 0.1) is 0 Å². The third kappa shape index (κ3) is 1.41. The Kier molecular flexibility index (Phi) is 1.87. The zero-order chi connectivity index (χ0) is 10.3. The van der Waals surface area contributed by atoms with Crippen molar-refractivity contribution in [1.82, 2.24) is 0 Å². The van der Waals surface area contributed by atoms with E-state index >= 15 is 0 Å². The Morgan fingerprint density at radius 3 is 2.36 bits per heavy atom. The first kappa shape index (κ1) is 9.24. The number of fused-ring (bicyclic) bond motifs is 1. The van der Waals surface area contributed by atoms with Gasteiger partial charge in [0.15, 0.2) is 11.5 Å². The first-order valence-corrected chi connectivity index (χ1v) is 4.27. The van der Waals surface area contributed by atoms with Gasteiger partial charge in [0.2, 0.25) is 6.79 Å². The lowest BCUT2D eigenvalue weighted by Crippen LogP contribution is -2.08. The fourth-order valence-electron chi connectivity index (χ4n) is 1.52. The van der Waals surface area contributed by atoms with E-state index in [4.69, 9.17) is 9.47 Å². The van der Waals surface area contributed by atoms with Crippen LogP contribution in [0.4, 0.5) is 8.78 Å². The number of benzene rings is 1. The van der Waals surface area contributed by atoms with E-state index in [9.17, 15) is 8.78 Å². The van der Waals surface area contributed by atoms with Gasteiger partial charge in [-0.15, -0.1) is 0 Å². The van der Waals surface area contributed by atoms with Crippen molar-refractivity contribution in [2.75, 3.05) is 6.79 Å². The number of alkyl halides is 2. The molecular formula is C10H10F2O2. The van der Waals surface area contributed by atoms with E-state index < -0.39 is 5.92 Å². The van der Waals surface area contributed by atoms with Crippen molar-refractivity contribution in [2.24, 2.45) is 0 Å². The summed E-state index contributed by atoms with van der Waals surface area (Å²) in [6.45, 7) is 2.61. The molecule has 0 radical (unpaired) electrons. The molecule has 0 spiro atoms. The molecule has 0 bridgehead atoms. The summed E-state index contributed by atoms with van der Waals surface area (Å²) >= 11 is 0. The maximum absolute atomic E-state index is 13.1. The van der Waals surface area contributed by atoms with Crippen molar-refractivity contribution >= 4 is 0 Å². The van der Waals surface area contributed by atoms with Crippen LogP contribution in [0.3, 0.4) is 0 Å². The summed E-state index contributed by atoms with van der Waals surface area (Å²) in [5.74, 6) is -1.91. The van der Waals surface area contributed by atoms with Gasteiger partial charge in [0.25, 0.3) is 5.92 Å². The van der Waals surface area contributed by atoms with Crippen LogP contribution in [-0.4, -0.2) is 6.79 Å². The highest BCUT2D eigenvalue weighted by Gasteiger charge is 2.29. The fourth-order valence-corrected chi connectivity index (χ4v) is 1.52. The zero-order valence-electron chi connectivity index (χ0n) is 7.93. The fraction of sp³-hybridized carbons (Fsp3) is 0.400. The van der Waals surface area contributed by atoms with Gasteiger partial charge in [-0.1, -0.05) is 0 Å². The summed E-state index contributed by atoms with van der Waals surface area (Å²) in [5.41, 5.74) is 0.503. The molecule has 1 aromatic rings. The molecule has 2 rings (SSSR count). The summed E-state index contributed by atoms with van der Waals surface area (Å²) in [5, 5.41) is 0. The maximum Gasteiger partial charge on any atom is 0.270 e. The summed E-state index contributed by atoms with van der Waals surface area (Å²) in [4.78, 5) is 0. The third-order valence-corrected chi connectivity index (χ3v) is 2.19. The quantitative estimate of drug-likeness (QED) is 0.694. The number of hydrogen-bond acceptors (Lipinski definition) is 2. The molecule has 0 amide bonds. The molecule has 0 fully saturated rings. The van der Waals surface area contributed by atoms with Gasteiger partial charge in [-0.3, -0.25) is 0 Å². The van der Waals surface area contributed by atoms with Crippen molar-refractivity contribution in [3.63, 3.8) is 0 Å². The highest BCUT2D eigenvalue weighted by Crippen LogP contribution is 2.39. The minimum absolute atomic E-state index is 0.0123. The second kappa shape index (κ2) is 2.83. The number of hydrogen-bond donors (Lipinski definition) is 0. The van der Waals surface area contributed by atoms with Gasteiger partial charge in [-0.05, 0) is 24.6 Å². The summed E-state index contributed by atoms with van der Waals surface area (Å²) in [6.07, 6.45) is 0. The van der Waals surface area contributed by atoms with E-state index in [2.05, 4.69) is 0 Å². The standard InChI is InChI=1S/C10H10F2O2/c1-6-3-8-9(14-5-13-8)4-7(6)10(2,11)12/h3-4H,5H2,1-2H3. The molecular weight excluding hydrogens is 190 g/mol. The lowest BCUT2D eigenvalue weighted by molar-refractivity contribution is 0.0166. The SMILES string of the molecule is Cc1cc2c(cc1C(C)(F)F)OCO2. The molecule has 0 aliphatic carbocycles. The molecule has 2 nitrogen and oxygen atoms in total. The smallest absolute Gasteiger partial charge is 0.270 e. The Morgan fingerprint density at radius 1 is 1.21 bits per heavy atom. The topological polar surface area (TPSA) is 18.5 Å². The molecule has 76 valence electrons. The van der Waals surface area contributed by atoms with E-state index in [1.54, 1.807) is 13.0 Å². The third-order valence-electron chi connectivity index (χ3n) is 2.19. The molecule has 1 aliphatic heterocycles. The van der Waals surface area contributed by atoms with Crippen LogP contribution in [0.25, 0.3) is 0 Å². The molecule has 1 aromatic carbocycles. The van der Waals surface area contributed by atoms with Gasteiger partial charge in [-0.25, -0.2) is 8.78 Å². The molecule has 4 heteroatoms. The van der Waals surface area contributed by atoms with Gasteiger partial charge in [-0.2, -0.15) is 0 Å². The molecule has 0 unspecified atom stereocenters. The molecule has 0 N–H and O–H groups in total. The Morgan fingerprint density at radius 2 is 1.79 bits per heavy atom. The minimum atomic E-state index is -2.84. The molecule has 1 heterocycles. The van der Waals surface area contributed by atoms with E-state index in [0.29, 0.717) is 17.1 Å². The van der Waals surface area contributed by atoms with Gasteiger partial charge < -0.3 is 9.47 Å². The predicted octanol–water partition coefficient (Wildman–Crippen LogP) is 2.84. The second-order valence-electron chi connectivity index (χ2n) is 3.41. The van der Waals surface area contributed by atoms with E-state index in [0.717, 1.165) is 6.92 Å². The van der Waals surface area contributed by atoms with Crippen LogP contribution in [0.5, 0.6) is 11.5 Å². The summed E-state index contributed by atoms with van der Waals surface area (Å²) in [7, 11) is 0. The number of aryl methyl sites for hydroxylation is 1. The normalized spacial score (nSPS) is 14.6. The van der Waals surface area contributed by atoms with Gasteiger partial charge in [0.1, 0.15) is 0 Å². The van der Waals surface area contributed by atoms with E-state index in [1.165, 1.54) is 6.07 Å². The van der Waals surface area contributed by atoms with Gasteiger partial charge >= 0.3 is 0 Å². The number of halogens is 2. The molecule has 0 aromatic heterocycles. The number of rotatable bonds is 1.